The van der Waals surface area contributed by atoms with Crippen LogP contribution in [0.15, 0.2) is 29.2 Å². The Morgan fingerprint density at radius 1 is 1.30 bits per heavy atom. The molecule has 0 saturated heterocycles. The van der Waals surface area contributed by atoms with Gasteiger partial charge in [-0.1, -0.05) is 24.4 Å². The molecule has 0 aliphatic carbocycles. The summed E-state index contributed by atoms with van der Waals surface area (Å²) < 4.78 is 73.8. The maximum absolute atomic E-state index is 12.7. The molecule has 0 saturated carbocycles. The zero-order chi connectivity index (χ0) is 15.6. The zero-order valence-electron chi connectivity index (χ0n) is 9.82. The van der Waals surface area contributed by atoms with E-state index in [1.807, 2.05) is 0 Å². The fourth-order valence-corrected chi connectivity index (χ4v) is 2.33. The van der Waals surface area contributed by atoms with Crippen LogP contribution >= 0.6 is 12.2 Å². The van der Waals surface area contributed by atoms with Gasteiger partial charge >= 0.3 is 12.3 Å². The fraction of sp³-hybridized carbons (Fsp3) is 0.300. The molecule has 0 unspecified atom stereocenters. The third kappa shape index (κ3) is 4.12. The van der Waals surface area contributed by atoms with Gasteiger partial charge in [0.25, 0.3) is 0 Å². The molecule has 0 radical (unpaired) electrons. The van der Waals surface area contributed by atoms with Crippen LogP contribution in [0.5, 0.6) is 0 Å². The van der Waals surface area contributed by atoms with Crippen molar-refractivity contribution in [3.8, 4) is 0 Å². The maximum Gasteiger partial charge on any atom is 0.320 e. The lowest BCUT2D eigenvalue weighted by Gasteiger charge is -2.16. The first-order valence-electron chi connectivity index (χ1n) is 5.12. The summed E-state index contributed by atoms with van der Waals surface area (Å²) in [5.41, 5.74) is 5.69. The number of sulfonamides is 1. The Balaban J connectivity index is 2.87. The summed E-state index contributed by atoms with van der Waals surface area (Å²) in [6, 6.07) is 4.72. The van der Waals surface area contributed by atoms with Gasteiger partial charge in [-0.3, -0.25) is 0 Å². The first kappa shape index (κ1) is 16.8. The van der Waals surface area contributed by atoms with Gasteiger partial charge in [0.2, 0.25) is 10.0 Å². The van der Waals surface area contributed by atoms with Crippen LogP contribution in [0.2, 0.25) is 0 Å². The van der Waals surface area contributed by atoms with Crippen LogP contribution in [-0.4, -0.2) is 32.3 Å². The molecule has 0 bridgehead atoms. The molecule has 0 aromatic heterocycles. The SMILES string of the molecule is NC(=S)c1ccc(S(=O)(=O)NCC(F)(F)C(F)F)cc1. The highest BCUT2D eigenvalue weighted by Gasteiger charge is 2.41. The van der Waals surface area contributed by atoms with Crippen LogP contribution in [0.1, 0.15) is 5.56 Å². The summed E-state index contributed by atoms with van der Waals surface area (Å²) in [7, 11) is -4.32. The van der Waals surface area contributed by atoms with Crippen molar-refractivity contribution in [2.75, 3.05) is 6.54 Å². The average Bonchev–Trinajstić information content (AvgIpc) is 2.36. The number of thiocarbonyl (C=S) groups is 1. The molecule has 0 atom stereocenters. The van der Waals surface area contributed by atoms with E-state index >= 15 is 0 Å². The number of alkyl halides is 4. The molecular formula is C10H10F4N2O2S2. The summed E-state index contributed by atoms with van der Waals surface area (Å²) in [6.07, 6.45) is -3.96. The maximum atomic E-state index is 12.7. The van der Waals surface area contributed by atoms with Crippen molar-refractivity contribution in [1.82, 2.24) is 4.72 Å². The molecule has 10 heteroatoms. The van der Waals surface area contributed by atoms with Gasteiger partial charge in [0.05, 0.1) is 11.4 Å². The Bertz CT molecular complexity index is 588. The average molecular weight is 330 g/mol. The van der Waals surface area contributed by atoms with Crippen LogP contribution in [0.25, 0.3) is 0 Å². The summed E-state index contributed by atoms with van der Waals surface area (Å²) in [4.78, 5) is -0.325. The second-order valence-electron chi connectivity index (χ2n) is 3.77. The molecule has 0 fully saturated rings. The number of nitrogens with two attached hydrogens (primary N) is 1. The summed E-state index contributed by atoms with van der Waals surface area (Å²) in [5, 5.41) is 0. The molecule has 3 N–H and O–H groups in total. The number of halogens is 4. The van der Waals surface area contributed by atoms with E-state index in [1.165, 1.54) is 16.9 Å². The number of benzene rings is 1. The van der Waals surface area contributed by atoms with Crippen molar-refractivity contribution in [2.45, 2.75) is 17.2 Å². The van der Waals surface area contributed by atoms with Gasteiger partial charge in [0.15, 0.2) is 0 Å². The number of hydrogen-bond donors (Lipinski definition) is 2. The van der Waals surface area contributed by atoms with Crippen molar-refractivity contribution in [3.63, 3.8) is 0 Å². The van der Waals surface area contributed by atoms with Crippen molar-refractivity contribution in [1.29, 1.82) is 0 Å². The third-order valence-corrected chi connectivity index (χ3v) is 3.92. The monoisotopic (exact) mass is 330 g/mol. The van der Waals surface area contributed by atoms with Gasteiger partial charge in [-0.25, -0.2) is 21.9 Å². The van der Waals surface area contributed by atoms with E-state index in [0.29, 0.717) is 5.56 Å². The van der Waals surface area contributed by atoms with Crippen molar-refractivity contribution in [2.24, 2.45) is 5.73 Å². The van der Waals surface area contributed by atoms with E-state index < -0.39 is 28.9 Å². The van der Waals surface area contributed by atoms with E-state index in [2.05, 4.69) is 12.2 Å². The Kier molecular flexibility index (Phi) is 5.05. The normalized spacial score (nSPS) is 12.7. The second-order valence-corrected chi connectivity index (χ2v) is 5.98. The molecule has 112 valence electrons. The molecular weight excluding hydrogens is 320 g/mol. The van der Waals surface area contributed by atoms with Crippen LogP contribution in [0.4, 0.5) is 17.6 Å². The molecule has 4 nitrogen and oxygen atoms in total. The van der Waals surface area contributed by atoms with Crippen LogP contribution in [-0.2, 0) is 10.0 Å². The molecule has 1 aromatic carbocycles. The number of rotatable bonds is 6. The van der Waals surface area contributed by atoms with E-state index in [0.717, 1.165) is 12.1 Å². The lowest BCUT2D eigenvalue weighted by molar-refractivity contribution is -0.122. The first-order valence-corrected chi connectivity index (χ1v) is 7.01. The van der Waals surface area contributed by atoms with Crippen LogP contribution in [0.3, 0.4) is 0 Å². The van der Waals surface area contributed by atoms with Crippen LogP contribution < -0.4 is 10.5 Å². The summed E-state index contributed by atoms with van der Waals surface area (Å²) in [6.45, 7) is -1.69. The van der Waals surface area contributed by atoms with Crippen molar-refractivity contribution in [3.05, 3.63) is 29.8 Å². The minimum atomic E-state index is -4.44. The molecule has 0 aliphatic heterocycles. The predicted molar refractivity (Wildman–Crippen MR) is 68.5 cm³/mol. The fourth-order valence-electron chi connectivity index (χ4n) is 1.15. The Morgan fingerprint density at radius 2 is 1.80 bits per heavy atom. The Hall–Kier alpha value is -1.26. The van der Waals surface area contributed by atoms with E-state index in [9.17, 15) is 26.0 Å². The van der Waals surface area contributed by atoms with E-state index in [-0.39, 0.29) is 9.88 Å². The second kappa shape index (κ2) is 6.02. The summed E-state index contributed by atoms with van der Waals surface area (Å²) in [5.74, 6) is -4.44. The van der Waals surface area contributed by atoms with E-state index in [1.54, 1.807) is 0 Å². The van der Waals surface area contributed by atoms with Gasteiger partial charge in [0.1, 0.15) is 4.99 Å². The molecule has 1 rings (SSSR count). The molecule has 0 heterocycles. The smallest absolute Gasteiger partial charge is 0.320 e. The largest absolute Gasteiger partial charge is 0.389 e. The number of hydrogen-bond acceptors (Lipinski definition) is 3. The minimum absolute atomic E-state index is 0.0335. The molecule has 20 heavy (non-hydrogen) atoms. The molecule has 0 aliphatic rings. The Morgan fingerprint density at radius 3 is 2.20 bits per heavy atom. The lowest BCUT2D eigenvalue weighted by Crippen LogP contribution is -2.41. The van der Waals surface area contributed by atoms with Gasteiger partial charge in [-0.15, -0.1) is 0 Å². The van der Waals surface area contributed by atoms with Crippen molar-refractivity contribution >= 4 is 27.2 Å². The number of nitrogens with one attached hydrogen (secondary N) is 1. The van der Waals surface area contributed by atoms with E-state index in [4.69, 9.17) is 5.73 Å². The van der Waals surface area contributed by atoms with Gasteiger partial charge in [-0.05, 0) is 12.1 Å². The molecule has 0 spiro atoms. The summed E-state index contributed by atoms with van der Waals surface area (Å²) >= 11 is 4.66. The lowest BCUT2D eigenvalue weighted by atomic mass is 10.2. The molecule has 0 amide bonds. The highest BCUT2D eigenvalue weighted by molar-refractivity contribution is 7.89. The van der Waals surface area contributed by atoms with Crippen LogP contribution in [0, 0.1) is 0 Å². The highest BCUT2D eigenvalue weighted by Crippen LogP contribution is 2.22. The van der Waals surface area contributed by atoms with Crippen molar-refractivity contribution < 1.29 is 26.0 Å². The standard InChI is InChI=1S/C10H10F4N2O2S2/c11-9(12)10(13,14)5-16-20(17,18)7-3-1-6(2-4-7)8(15)19/h1-4,9,16H,5H2,(H2,15,19). The highest BCUT2D eigenvalue weighted by atomic mass is 32.2. The predicted octanol–water partition coefficient (Wildman–Crippen LogP) is 1.50. The first-order chi connectivity index (χ1) is 9.06. The van der Waals surface area contributed by atoms with Gasteiger partial charge in [0, 0.05) is 5.56 Å². The topological polar surface area (TPSA) is 72.2 Å². The Labute approximate surface area is 118 Å². The van der Waals surface area contributed by atoms with Gasteiger partial charge < -0.3 is 5.73 Å². The third-order valence-electron chi connectivity index (χ3n) is 2.27. The zero-order valence-corrected chi connectivity index (χ0v) is 11.4. The quantitative estimate of drug-likeness (QED) is 0.612. The molecule has 1 aromatic rings. The van der Waals surface area contributed by atoms with Gasteiger partial charge in [-0.2, -0.15) is 8.78 Å². The minimum Gasteiger partial charge on any atom is -0.389 e.